The highest BCUT2D eigenvalue weighted by molar-refractivity contribution is 5.04. The van der Waals surface area contributed by atoms with Gasteiger partial charge in [0.25, 0.3) is 0 Å². The van der Waals surface area contributed by atoms with E-state index in [1.807, 2.05) is 6.07 Å². The van der Waals surface area contributed by atoms with Crippen molar-refractivity contribution >= 4 is 0 Å². The fourth-order valence-corrected chi connectivity index (χ4v) is 1.35. The van der Waals surface area contributed by atoms with E-state index in [0.717, 1.165) is 19.3 Å². The molecule has 0 fully saturated rings. The minimum absolute atomic E-state index is 0.503. The Morgan fingerprint density at radius 1 is 1.25 bits per heavy atom. The van der Waals surface area contributed by atoms with E-state index in [2.05, 4.69) is 32.9 Å². The van der Waals surface area contributed by atoms with Crippen molar-refractivity contribution in [2.75, 3.05) is 0 Å². The highest BCUT2D eigenvalue weighted by Gasteiger charge is 2.17. The summed E-state index contributed by atoms with van der Waals surface area (Å²) in [6.07, 6.45) is 7.73. The molecule has 0 aliphatic rings. The van der Waals surface area contributed by atoms with Crippen LogP contribution in [-0.4, -0.2) is 10.7 Å². The third kappa shape index (κ3) is 8.26. The predicted octanol–water partition coefficient (Wildman–Crippen LogP) is 3.73. The van der Waals surface area contributed by atoms with Crippen LogP contribution in [0, 0.1) is 11.3 Å². The van der Waals surface area contributed by atoms with Crippen molar-refractivity contribution in [3.8, 4) is 6.07 Å². The highest BCUT2D eigenvalue weighted by Crippen LogP contribution is 2.14. The number of aliphatic hydroxyl groups is 1. The second-order valence-corrected chi connectivity index (χ2v) is 4.79. The zero-order valence-electron chi connectivity index (χ0n) is 10.9. The van der Waals surface area contributed by atoms with Crippen molar-refractivity contribution in [2.24, 2.45) is 0 Å². The van der Waals surface area contributed by atoms with Gasteiger partial charge in [0.05, 0.1) is 6.07 Å². The molecule has 0 aromatic carbocycles. The van der Waals surface area contributed by atoms with Gasteiger partial charge >= 0.3 is 0 Å². The quantitative estimate of drug-likeness (QED) is 0.548. The first-order valence-corrected chi connectivity index (χ1v) is 5.80. The van der Waals surface area contributed by atoms with E-state index in [1.165, 1.54) is 11.1 Å². The van der Waals surface area contributed by atoms with Gasteiger partial charge in [0, 0.05) is 0 Å². The van der Waals surface area contributed by atoms with Gasteiger partial charge in [0.1, 0.15) is 5.60 Å². The molecular weight excluding hydrogens is 198 g/mol. The van der Waals surface area contributed by atoms with Crippen molar-refractivity contribution in [3.63, 3.8) is 0 Å². The van der Waals surface area contributed by atoms with Crippen LogP contribution in [0.15, 0.2) is 23.3 Å². The van der Waals surface area contributed by atoms with Crippen molar-refractivity contribution < 1.29 is 5.11 Å². The number of allylic oxidation sites excluding steroid dienone is 4. The Morgan fingerprint density at radius 3 is 2.38 bits per heavy atom. The lowest BCUT2D eigenvalue weighted by atomic mass is 10.0. The molecule has 0 saturated heterocycles. The van der Waals surface area contributed by atoms with Crippen LogP contribution in [0.5, 0.6) is 0 Å². The summed E-state index contributed by atoms with van der Waals surface area (Å²) in [6, 6.07) is 1.89. The Bertz CT molecular complexity index is 301. The number of nitriles is 1. The zero-order chi connectivity index (χ0) is 12.6. The first-order valence-electron chi connectivity index (χ1n) is 5.80. The van der Waals surface area contributed by atoms with E-state index in [-0.39, 0.29) is 0 Å². The number of hydrogen-bond acceptors (Lipinski definition) is 2. The molecule has 2 nitrogen and oxygen atoms in total. The molecule has 0 saturated carbocycles. The van der Waals surface area contributed by atoms with Gasteiger partial charge in [0.2, 0.25) is 0 Å². The first-order chi connectivity index (χ1) is 7.37. The van der Waals surface area contributed by atoms with Gasteiger partial charge in [-0.15, -0.1) is 0 Å². The lowest BCUT2D eigenvalue weighted by molar-refractivity contribution is 0.111. The average Bonchev–Trinajstić information content (AvgIpc) is 2.17. The molecule has 1 atom stereocenters. The van der Waals surface area contributed by atoms with Crippen LogP contribution >= 0.6 is 0 Å². The van der Waals surface area contributed by atoms with Crippen LogP contribution in [0.25, 0.3) is 0 Å². The molecule has 0 radical (unpaired) electrons. The summed E-state index contributed by atoms with van der Waals surface area (Å²) >= 11 is 0. The number of hydrogen-bond donors (Lipinski definition) is 1. The largest absolute Gasteiger partial charge is 0.376 e. The van der Waals surface area contributed by atoms with Crippen molar-refractivity contribution in [1.82, 2.24) is 0 Å². The molecule has 0 aliphatic carbocycles. The maximum absolute atomic E-state index is 9.49. The molecule has 1 N–H and O–H groups in total. The van der Waals surface area contributed by atoms with Gasteiger partial charge in [-0.3, -0.25) is 0 Å². The van der Waals surface area contributed by atoms with Crippen LogP contribution in [-0.2, 0) is 0 Å². The van der Waals surface area contributed by atoms with E-state index in [1.54, 1.807) is 6.92 Å². The van der Waals surface area contributed by atoms with Gasteiger partial charge in [-0.1, -0.05) is 23.3 Å². The van der Waals surface area contributed by atoms with E-state index in [9.17, 15) is 5.11 Å². The Balaban J connectivity index is 3.89. The maximum atomic E-state index is 9.49. The van der Waals surface area contributed by atoms with Gasteiger partial charge in [-0.05, 0) is 53.4 Å². The summed E-state index contributed by atoms with van der Waals surface area (Å²) in [4.78, 5) is 0. The second-order valence-electron chi connectivity index (χ2n) is 4.79. The molecular formula is C14H23NO. The van der Waals surface area contributed by atoms with E-state index in [0.29, 0.717) is 6.42 Å². The maximum Gasteiger partial charge on any atom is 0.148 e. The number of rotatable bonds is 6. The number of nitrogens with zero attached hydrogens (tertiary/aromatic N) is 1. The zero-order valence-corrected chi connectivity index (χ0v) is 10.9. The third-order valence-corrected chi connectivity index (χ3v) is 2.46. The molecule has 0 bridgehead atoms. The van der Waals surface area contributed by atoms with E-state index < -0.39 is 5.60 Å². The topological polar surface area (TPSA) is 44.0 Å². The normalized spacial score (nSPS) is 15.1. The monoisotopic (exact) mass is 221 g/mol. The molecule has 0 aliphatic heterocycles. The molecule has 16 heavy (non-hydrogen) atoms. The summed E-state index contributed by atoms with van der Waals surface area (Å²) in [5.74, 6) is 0. The molecule has 1 unspecified atom stereocenters. The summed E-state index contributed by atoms with van der Waals surface area (Å²) in [7, 11) is 0. The van der Waals surface area contributed by atoms with Crippen LogP contribution < -0.4 is 0 Å². The smallest absolute Gasteiger partial charge is 0.148 e. The second kappa shape index (κ2) is 7.24. The first kappa shape index (κ1) is 14.9. The molecule has 2 heteroatoms. The van der Waals surface area contributed by atoms with Crippen LogP contribution in [0.1, 0.15) is 53.4 Å². The molecule has 0 heterocycles. The molecule has 0 aromatic heterocycles. The van der Waals surface area contributed by atoms with E-state index >= 15 is 0 Å². The van der Waals surface area contributed by atoms with Gasteiger partial charge in [-0.2, -0.15) is 5.26 Å². The minimum Gasteiger partial charge on any atom is -0.376 e. The Morgan fingerprint density at radius 2 is 1.88 bits per heavy atom. The Hall–Kier alpha value is -1.07. The van der Waals surface area contributed by atoms with Crippen LogP contribution in [0.3, 0.4) is 0 Å². The van der Waals surface area contributed by atoms with Crippen LogP contribution in [0.2, 0.25) is 0 Å². The fourth-order valence-electron chi connectivity index (χ4n) is 1.35. The average molecular weight is 221 g/mol. The Kier molecular flexibility index (Phi) is 6.76. The van der Waals surface area contributed by atoms with Gasteiger partial charge < -0.3 is 5.11 Å². The summed E-state index contributed by atoms with van der Waals surface area (Å²) in [5, 5.41) is 18.1. The van der Waals surface area contributed by atoms with Crippen LogP contribution in [0.4, 0.5) is 0 Å². The third-order valence-electron chi connectivity index (χ3n) is 2.46. The molecule has 0 spiro atoms. The predicted molar refractivity (Wildman–Crippen MR) is 67.9 cm³/mol. The lowest BCUT2D eigenvalue weighted by Gasteiger charge is -2.11. The van der Waals surface area contributed by atoms with Crippen molar-refractivity contribution in [1.29, 1.82) is 5.26 Å². The minimum atomic E-state index is -1.18. The fraction of sp³-hybridized carbons (Fsp3) is 0.643. The van der Waals surface area contributed by atoms with Gasteiger partial charge in [0.15, 0.2) is 0 Å². The standard InChI is InChI=1S/C14H23NO/c1-12(2)7-5-8-13(3)9-6-10-14(4,16)11-15/h7,9,16H,5-6,8,10H2,1-4H3/b13-9+. The summed E-state index contributed by atoms with van der Waals surface area (Å²) in [5.41, 5.74) is 1.49. The molecule has 0 aromatic rings. The molecule has 0 rings (SSSR count). The van der Waals surface area contributed by atoms with Crippen molar-refractivity contribution in [2.45, 2.75) is 59.0 Å². The molecule has 0 amide bonds. The van der Waals surface area contributed by atoms with Crippen molar-refractivity contribution in [3.05, 3.63) is 23.3 Å². The van der Waals surface area contributed by atoms with Gasteiger partial charge in [-0.25, -0.2) is 0 Å². The van der Waals surface area contributed by atoms with E-state index in [4.69, 9.17) is 5.26 Å². The summed E-state index contributed by atoms with van der Waals surface area (Å²) < 4.78 is 0. The Labute approximate surface area is 99.3 Å². The molecule has 90 valence electrons. The lowest BCUT2D eigenvalue weighted by Crippen LogP contribution is -2.20. The summed E-state index contributed by atoms with van der Waals surface area (Å²) in [6.45, 7) is 7.85. The SMILES string of the molecule is CC(C)=CCC/C(C)=C/CCC(C)(O)C#N. The highest BCUT2D eigenvalue weighted by atomic mass is 16.3.